The first kappa shape index (κ1) is 13.8. The van der Waals surface area contributed by atoms with Crippen LogP contribution < -0.4 is 9.47 Å². The third-order valence-corrected chi connectivity index (χ3v) is 3.46. The Hall–Kier alpha value is -1.66. The van der Waals surface area contributed by atoms with E-state index < -0.39 is 12.7 Å². The summed E-state index contributed by atoms with van der Waals surface area (Å²) >= 11 is 1.39. The normalized spacial score (nSPS) is 12.5. The predicted octanol–water partition coefficient (Wildman–Crippen LogP) is 3.44. The lowest BCUT2D eigenvalue weighted by Gasteiger charge is -2.14. The van der Waals surface area contributed by atoms with Crippen molar-refractivity contribution in [2.24, 2.45) is 0 Å². The Morgan fingerprint density at radius 1 is 1.21 bits per heavy atom. The summed E-state index contributed by atoms with van der Waals surface area (Å²) in [5, 5.41) is 12.0. The monoisotopic (exact) mass is 286 g/mol. The molecule has 1 aromatic carbocycles. The van der Waals surface area contributed by atoms with Gasteiger partial charge in [-0.05, 0) is 29.1 Å². The molecule has 0 amide bonds. The molecule has 0 bridgehead atoms. The molecule has 0 radical (unpaired) electrons. The van der Waals surface area contributed by atoms with Crippen molar-refractivity contribution in [3.05, 3.63) is 46.2 Å². The minimum Gasteiger partial charge on any atom is -0.493 e. The number of hydrogen-bond acceptors (Lipinski definition) is 4. The molecule has 0 aliphatic rings. The number of hydrogen-bond donors (Lipinski definition) is 1. The maximum atomic E-state index is 12.3. The zero-order valence-electron chi connectivity index (χ0n) is 10.0. The molecule has 3 nitrogen and oxygen atoms in total. The fourth-order valence-corrected chi connectivity index (χ4v) is 2.40. The molecule has 0 saturated carbocycles. The van der Waals surface area contributed by atoms with Gasteiger partial charge in [0.05, 0.1) is 7.11 Å². The van der Waals surface area contributed by atoms with Gasteiger partial charge in [0.25, 0.3) is 0 Å². The molecule has 0 saturated heterocycles. The molecule has 1 atom stereocenters. The van der Waals surface area contributed by atoms with Gasteiger partial charge in [-0.25, -0.2) is 0 Å². The van der Waals surface area contributed by atoms with Crippen molar-refractivity contribution < 1.29 is 23.4 Å². The van der Waals surface area contributed by atoms with Gasteiger partial charge < -0.3 is 14.6 Å². The zero-order chi connectivity index (χ0) is 13.8. The number of aliphatic hydroxyl groups excluding tert-OH is 1. The number of benzene rings is 1. The van der Waals surface area contributed by atoms with Gasteiger partial charge in [-0.15, -0.1) is 11.3 Å². The number of methoxy groups -OCH3 is 1. The van der Waals surface area contributed by atoms with Gasteiger partial charge >= 0.3 is 6.61 Å². The van der Waals surface area contributed by atoms with Gasteiger partial charge in [-0.3, -0.25) is 0 Å². The fourth-order valence-electron chi connectivity index (χ4n) is 1.66. The molecule has 102 valence electrons. The molecule has 2 rings (SSSR count). The molecule has 1 aromatic heterocycles. The molecule has 1 heterocycles. The molecule has 0 aliphatic heterocycles. The van der Waals surface area contributed by atoms with E-state index in [2.05, 4.69) is 4.74 Å². The summed E-state index contributed by atoms with van der Waals surface area (Å²) in [6.45, 7) is -2.94. The van der Waals surface area contributed by atoms with E-state index in [-0.39, 0.29) is 11.5 Å². The maximum absolute atomic E-state index is 12.3. The quantitative estimate of drug-likeness (QED) is 0.915. The second-order valence-corrected chi connectivity index (χ2v) is 4.69. The van der Waals surface area contributed by atoms with Crippen LogP contribution in [0, 0.1) is 0 Å². The van der Waals surface area contributed by atoms with Crippen molar-refractivity contribution in [3.8, 4) is 11.5 Å². The van der Waals surface area contributed by atoms with E-state index in [9.17, 15) is 13.9 Å². The van der Waals surface area contributed by atoms with Crippen LogP contribution in [0.5, 0.6) is 11.5 Å². The molecule has 2 aromatic rings. The SMILES string of the molecule is COc1ccc(C(O)c2cccs2)cc1OC(F)F. The first-order valence-corrected chi connectivity index (χ1v) is 6.34. The summed E-state index contributed by atoms with van der Waals surface area (Å²) in [4.78, 5) is 0.730. The summed E-state index contributed by atoms with van der Waals surface area (Å²) in [6.07, 6.45) is -0.870. The minimum atomic E-state index is -2.94. The Labute approximate surface area is 113 Å². The van der Waals surface area contributed by atoms with Gasteiger partial charge in [0.1, 0.15) is 6.10 Å². The summed E-state index contributed by atoms with van der Waals surface area (Å²) in [5.74, 6) is 0.105. The van der Waals surface area contributed by atoms with Gasteiger partial charge in [-0.1, -0.05) is 12.1 Å². The van der Waals surface area contributed by atoms with E-state index in [4.69, 9.17) is 4.74 Å². The first-order chi connectivity index (χ1) is 9.11. The van der Waals surface area contributed by atoms with Crippen molar-refractivity contribution in [1.29, 1.82) is 0 Å². The lowest BCUT2D eigenvalue weighted by atomic mass is 10.1. The second kappa shape index (κ2) is 5.99. The first-order valence-electron chi connectivity index (χ1n) is 5.46. The molecular weight excluding hydrogens is 274 g/mol. The van der Waals surface area contributed by atoms with Crippen LogP contribution in [0.25, 0.3) is 0 Å². The van der Waals surface area contributed by atoms with Crippen LogP contribution in [0.1, 0.15) is 16.5 Å². The maximum Gasteiger partial charge on any atom is 0.387 e. The minimum absolute atomic E-state index is 0.0920. The Morgan fingerprint density at radius 3 is 2.58 bits per heavy atom. The molecule has 19 heavy (non-hydrogen) atoms. The van der Waals surface area contributed by atoms with Crippen LogP contribution in [0.3, 0.4) is 0 Å². The highest BCUT2D eigenvalue weighted by Crippen LogP contribution is 2.34. The Morgan fingerprint density at radius 2 is 2.00 bits per heavy atom. The van der Waals surface area contributed by atoms with Crippen LogP contribution in [0.4, 0.5) is 8.78 Å². The van der Waals surface area contributed by atoms with E-state index in [0.717, 1.165) is 4.88 Å². The van der Waals surface area contributed by atoms with E-state index in [0.29, 0.717) is 5.56 Å². The number of alkyl halides is 2. The van der Waals surface area contributed by atoms with Gasteiger partial charge in [0.15, 0.2) is 11.5 Å². The lowest BCUT2D eigenvalue weighted by Crippen LogP contribution is -2.05. The molecule has 1 unspecified atom stereocenters. The van der Waals surface area contributed by atoms with Crippen molar-refractivity contribution in [1.82, 2.24) is 0 Å². The molecule has 6 heteroatoms. The second-order valence-electron chi connectivity index (χ2n) is 3.71. The van der Waals surface area contributed by atoms with Crippen LogP contribution >= 0.6 is 11.3 Å². The van der Waals surface area contributed by atoms with Gasteiger partial charge in [0.2, 0.25) is 0 Å². The lowest BCUT2D eigenvalue weighted by molar-refractivity contribution is -0.0513. The molecule has 0 aliphatic carbocycles. The Kier molecular flexibility index (Phi) is 4.34. The predicted molar refractivity (Wildman–Crippen MR) is 68.0 cm³/mol. The summed E-state index contributed by atoms with van der Waals surface area (Å²) < 4.78 is 33.9. The Bertz CT molecular complexity index is 529. The standard InChI is InChI=1S/C13H12F2O3S/c1-17-9-5-4-8(7-10(9)18-13(14)15)12(16)11-3-2-6-19-11/h2-7,12-13,16H,1H3. The van der Waals surface area contributed by atoms with E-state index in [1.165, 1.54) is 30.6 Å². The average Bonchev–Trinajstić information content (AvgIpc) is 2.91. The average molecular weight is 286 g/mol. The molecule has 0 fully saturated rings. The van der Waals surface area contributed by atoms with Crippen molar-refractivity contribution >= 4 is 11.3 Å². The largest absolute Gasteiger partial charge is 0.493 e. The summed E-state index contributed by atoms with van der Waals surface area (Å²) in [7, 11) is 1.36. The zero-order valence-corrected chi connectivity index (χ0v) is 10.9. The van der Waals surface area contributed by atoms with Crippen LogP contribution in [0.15, 0.2) is 35.7 Å². The van der Waals surface area contributed by atoms with Crippen molar-refractivity contribution in [2.45, 2.75) is 12.7 Å². The van der Waals surface area contributed by atoms with Crippen LogP contribution in [-0.4, -0.2) is 18.8 Å². The fraction of sp³-hybridized carbons (Fsp3) is 0.231. The number of ether oxygens (including phenoxy) is 2. The highest BCUT2D eigenvalue weighted by molar-refractivity contribution is 7.10. The number of halogens is 2. The molecule has 1 N–H and O–H groups in total. The number of aliphatic hydroxyl groups is 1. The molecule has 0 spiro atoms. The number of rotatable bonds is 5. The Balaban J connectivity index is 2.31. The third-order valence-electron chi connectivity index (χ3n) is 2.53. The highest BCUT2D eigenvalue weighted by atomic mass is 32.1. The van der Waals surface area contributed by atoms with E-state index >= 15 is 0 Å². The van der Waals surface area contributed by atoms with Gasteiger partial charge in [0, 0.05) is 4.88 Å². The van der Waals surface area contributed by atoms with Crippen molar-refractivity contribution in [2.75, 3.05) is 7.11 Å². The third kappa shape index (κ3) is 3.21. The highest BCUT2D eigenvalue weighted by Gasteiger charge is 2.16. The van der Waals surface area contributed by atoms with Crippen molar-refractivity contribution in [3.63, 3.8) is 0 Å². The van der Waals surface area contributed by atoms with Gasteiger partial charge in [-0.2, -0.15) is 8.78 Å². The number of thiophene rings is 1. The topological polar surface area (TPSA) is 38.7 Å². The van der Waals surface area contributed by atoms with Crippen LogP contribution in [-0.2, 0) is 0 Å². The smallest absolute Gasteiger partial charge is 0.387 e. The molecular formula is C13H12F2O3S. The summed E-state index contributed by atoms with van der Waals surface area (Å²) in [5.41, 5.74) is 0.471. The van der Waals surface area contributed by atoms with E-state index in [1.54, 1.807) is 12.1 Å². The summed E-state index contributed by atoms with van der Waals surface area (Å²) in [6, 6.07) is 8.04. The van der Waals surface area contributed by atoms with Crippen LogP contribution in [0.2, 0.25) is 0 Å². The van der Waals surface area contributed by atoms with E-state index in [1.807, 2.05) is 11.4 Å².